The normalized spacial score (nSPS) is 15.3. The van der Waals surface area contributed by atoms with Crippen molar-refractivity contribution >= 4 is 28.7 Å². The Hall–Kier alpha value is -1.12. The van der Waals surface area contributed by atoms with E-state index < -0.39 is 0 Å². The maximum atomic E-state index is 12.4. The van der Waals surface area contributed by atoms with Gasteiger partial charge in [0.2, 0.25) is 5.78 Å². The van der Waals surface area contributed by atoms with Crippen molar-refractivity contribution in [1.29, 1.82) is 0 Å². The lowest BCUT2D eigenvalue weighted by Gasteiger charge is -2.25. The Morgan fingerprint density at radius 1 is 1.26 bits per heavy atom. The maximum absolute atomic E-state index is 12.4. The summed E-state index contributed by atoms with van der Waals surface area (Å²) in [5, 5.41) is 2.52. The van der Waals surface area contributed by atoms with E-state index >= 15 is 0 Å². The molecule has 3 rings (SSSR count). The molecule has 1 aliphatic rings. The van der Waals surface area contributed by atoms with E-state index in [9.17, 15) is 4.79 Å². The van der Waals surface area contributed by atoms with Crippen molar-refractivity contribution in [2.24, 2.45) is 0 Å². The number of rotatable bonds is 3. The van der Waals surface area contributed by atoms with Crippen LogP contribution in [0, 0.1) is 6.92 Å². The molecule has 0 atom stereocenters. The van der Waals surface area contributed by atoms with Crippen LogP contribution >= 0.6 is 22.9 Å². The second kappa shape index (κ2) is 5.10. The smallest absolute Gasteiger partial charge is 0.204 e. The third-order valence-corrected chi connectivity index (χ3v) is 5.55. The van der Waals surface area contributed by atoms with E-state index in [-0.39, 0.29) is 5.78 Å². The first-order chi connectivity index (χ1) is 9.16. The zero-order chi connectivity index (χ0) is 13.4. The van der Waals surface area contributed by atoms with Gasteiger partial charge in [-0.2, -0.15) is 0 Å². The molecule has 3 heteroatoms. The van der Waals surface area contributed by atoms with Crippen molar-refractivity contribution in [2.75, 3.05) is 0 Å². The van der Waals surface area contributed by atoms with E-state index in [0.29, 0.717) is 15.8 Å². The summed E-state index contributed by atoms with van der Waals surface area (Å²) in [6.45, 7) is 1.93. The molecule has 0 N–H and O–H groups in total. The molecule has 98 valence electrons. The van der Waals surface area contributed by atoms with Crippen LogP contribution < -0.4 is 0 Å². The minimum Gasteiger partial charge on any atom is -0.288 e. The van der Waals surface area contributed by atoms with Gasteiger partial charge in [-0.05, 0) is 42.2 Å². The van der Waals surface area contributed by atoms with Crippen molar-refractivity contribution in [3.63, 3.8) is 0 Å². The Morgan fingerprint density at radius 3 is 2.42 bits per heavy atom. The molecule has 1 aromatic heterocycles. The summed E-state index contributed by atoms with van der Waals surface area (Å²) < 4.78 is 0. The van der Waals surface area contributed by atoms with E-state index in [1.54, 1.807) is 0 Å². The van der Waals surface area contributed by atoms with E-state index in [1.807, 2.05) is 24.4 Å². The molecule has 0 amide bonds. The molecular weight excluding hydrogens is 276 g/mol. The Balaban J connectivity index is 1.85. The SMILES string of the molecule is Cc1csc(C(=O)c2ccc(C3CCC3)cc2)c1Cl. The molecule has 1 heterocycles. The van der Waals surface area contributed by atoms with Gasteiger partial charge in [0.1, 0.15) is 0 Å². The number of halogens is 1. The van der Waals surface area contributed by atoms with Gasteiger partial charge in [-0.1, -0.05) is 42.3 Å². The lowest BCUT2D eigenvalue weighted by atomic mass is 9.80. The second-order valence-electron chi connectivity index (χ2n) is 5.14. The Kier molecular flexibility index (Phi) is 3.46. The van der Waals surface area contributed by atoms with Crippen LogP contribution in [-0.4, -0.2) is 5.78 Å². The van der Waals surface area contributed by atoms with Crippen molar-refractivity contribution < 1.29 is 4.79 Å². The second-order valence-corrected chi connectivity index (χ2v) is 6.40. The van der Waals surface area contributed by atoms with E-state index in [0.717, 1.165) is 11.1 Å². The number of hydrogen-bond donors (Lipinski definition) is 0. The number of hydrogen-bond acceptors (Lipinski definition) is 2. The predicted octanol–water partition coefficient (Wildman–Crippen LogP) is 5.21. The van der Waals surface area contributed by atoms with Crippen molar-refractivity contribution in [2.45, 2.75) is 32.1 Å². The Labute approximate surface area is 122 Å². The summed E-state index contributed by atoms with van der Waals surface area (Å²) in [7, 11) is 0. The lowest BCUT2D eigenvalue weighted by Crippen LogP contribution is -2.09. The van der Waals surface area contributed by atoms with Crippen molar-refractivity contribution in [3.05, 3.63) is 56.2 Å². The van der Waals surface area contributed by atoms with Crippen LogP contribution in [0.4, 0.5) is 0 Å². The van der Waals surface area contributed by atoms with Gasteiger partial charge in [-0.15, -0.1) is 11.3 Å². The number of thiophene rings is 1. The van der Waals surface area contributed by atoms with E-state index in [1.165, 1.54) is 36.2 Å². The summed E-state index contributed by atoms with van der Waals surface area (Å²) in [4.78, 5) is 13.0. The summed E-state index contributed by atoms with van der Waals surface area (Å²) >= 11 is 7.58. The first-order valence-electron chi connectivity index (χ1n) is 6.55. The first kappa shape index (κ1) is 12.9. The van der Waals surface area contributed by atoms with Crippen LogP contribution in [-0.2, 0) is 0 Å². The van der Waals surface area contributed by atoms with Gasteiger partial charge < -0.3 is 0 Å². The summed E-state index contributed by atoms with van der Waals surface area (Å²) in [6.07, 6.45) is 3.89. The van der Waals surface area contributed by atoms with Gasteiger partial charge in [-0.3, -0.25) is 4.79 Å². The molecule has 1 nitrogen and oxygen atoms in total. The fraction of sp³-hybridized carbons (Fsp3) is 0.312. The Bertz CT molecular complexity index is 608. The number of benzene rings is 1. The molecule has 1 saturated carbocycles. The number of carbonyl (C=O) groups is 1. The molecule has 19 heavy (non-hydrogen) atoms. The van der Waals surface area contributed by atoms with Crippen LogP contribution in [0.25, 0.3) is 0 Å². The van der Waals surface area contributed by atoms with Crippen LogP contribution in [0.3, 0.4) is 0 Å². The molecule has 1 aliphatic carbocycles. The summed E-state index contributed by atoms with van der Waals surface area (Å²) in [6, 6.07) is 8.04. The number of aryl methyl sites for hydroxylation is 1. The number of ketones is 1. The highest BCUT2D eigenvalue weighted by atomic mass is 35.5. The van der Waals surface area contributed by atoms with Gasteiger partial charge in [-0.25, -0.2) is 0 Å². The minimum absolute atomic E-state index is 0.0308. The maximum Gasteiger partial charge on any atom is 0.204 e. The van der Waals surface area contributed by atoms with Gasteiger partial charge in [0.05, 0.1) is 9.90 Å². The average Bonchev–Trinajstić information content (AvgIpc) is 2.68. The highest BCUT2D eigenvalue weighted by Gasteiger charge is 2.20. The zero-order valence-electron chi connectivity index (χ0n) is 10.8. The largest absolute Gasteiger partial charge is 0.288 e. The quantitative estimate of drug-likeness (QED) is 0.709. The summed E-state index contributed by atoms with van der Waals surface area (Å²) in [5.41, 5.74) is 3.06. The van der Waals surface area contributed by atoms with Gasteiger partial charge in [0, 0.05) is 5.56 Å². The highest BCUT2D eigenvalue weighted by molar-refractivity contribution is 7.13. The van der Waals surface area contributed by atoms with E-state index in [4.69, 9.17) is 11.6 Å². The average molecular weight is 291 g/mol. The van der Waals surface area contributed by atoms with Crippen molar-refractivity contribution in [3.8, 4) is 0 Å². The first-order valence-corrected chi connectivity index (χ1v) is 7.81. The molecule has 0 spiro atoms. The topological polar surface area (TPSA) is 17.1 Å². The molecule has 0 radical (unpaired) electrons. The molecule has 0 bridgehead atoms. The van der Waals surface area contributed by atoms with Crippen molar-refractivity contribution in [1.82, 2.24) is 0 Å². The van der Waals surface area contributed by atoms with Crippen LogP contribution in [0.2, 0.25) is 5.02 Å². The van der Waals surface area contributed by atoms with Crippen LogP contribution in [0.1, 0.15) is 51.5 Å². The Morgan fingerprint density at radius 2 is 1.95 bits per heavy atom. The monoisotopic (exact) mass is 290 g/mol. The van der Waals surface area contributed by atoms with Gasteiger partial charge in [0.15, 0.2) is 0 Å². The molecule has 0 aliphatic heterocycles. The number of carbonyl (C=O) groups excluding carboxylic acids is 1. The minimum atomic E-state index is 0.0308. The van der Waals surface area contributed by atoms with Gasteiger partial charge in [0.25, 0.3) is 0 Å². The van der Waals surface area contributed by atoms with Crippen LogP contribution in [0.15, 0.2) is 29.6 Å². The predicted molar refractivity (Wildman–Crippen MR) is 80.5 cm³/mol. The fourth-order valence-corrected chi connectivity index (χ4v) is 3.60. The molecule has 1 aromatic carbocycles. The summed E-state index contributed by atoms with van der Waals surface area (Å²) in [5.74, 6) is 0.736. The highest BCUT2D eigenvalue weighted by Crippen LogP contribution is 2.36. The third-order valence-electron chi connectivity index (χ3n) is 3.85. The molecule has 2 aromatic rings. The third kappa shape index (κ3) is 2.35. The zero-order valence-corrected chi connectivity index (χ0v) is 12.4. The van der Waals surface area contributed by atoms with E-state index in [2.05, 4.69) is 12.1 Å². The fourth-order valence-electron chi connectivity index (χ4n) is 2.36. The molecular formula is C16H15ClOS. The molecule has 0 unspecified atom stereocenters. The molecule has 0 saturated heterocycles. The molecule has 1 fully saturated rings. The lowest BCUT2D eigenvalue weighted by molar-refractivity contribution is 0.104. The van der Waals surface area contributed by atoms with Gasteiger partial charge >= 0.3 is 0 Å². The standard InChI is InChI=1S/C16H15ClOS/c1-10-9-19-16(14(10)17)15(18)13-7-5-12(6-8-13)11-3-2-4-11/h5-9,11H,2-4H2,1H3. The van der Waals surface area contributed by atoms with Crippen LogP contribution in [0.5, 0.6) is 0 Å².